The molecule has 3 amide bonds. The lowest BCUT2D eigenvalue weighted by Crippen LogP contribution is -2.30. The molecule has 0 unspecified atom stereocenters. The van der Waals surface area contributed by atoms with E-state index < -0.39 is 24.5 Å². The summed E-state index contributed by atoms with van der Waals surface area (Å²) in [5.74, 6) is -1.13. The minimum atomic E-state index is -1.13. The van der Waals surface area contributed by atoms with Gasteiger partial charge in [-0.3, -0.25) is 4.79 Å². The van der Waals surface area contributed by atoms with Gasteiger partial charge in [0.1, 0.15) is 5.70 Å². The first-order chi connectivity index (χ1) is 14.3. The van der Waals surface area contributed by atoms with Crippen LogP contribution in [-0.2, 0) is 9.59 Å². The van der Waals surface area contributed by atoms with Gasteiger partial charge in [0.25, 0.3) is 5.91 Å². The Bertz CT molecular complexity index is 1040. The van der Waals surface area contributed by atoms with E-state index in [1.165, 1.54) is 6.08 Å². The number of hydrogen-bond donors (Lipinski definition) is 2. The molecule has 2 aromatic carbocycles. The Hall–Kier alpha value is -3.04. The molecule has 1 aliphatic rings. The van der Waals surface area contributed by atoms with E-state index in [1.54, 1.807) is 43.3 Å². The highest BCUT2D eigenvalue weighted by molar-refractivity contribution is 9.10. The number of carboxylic acid groups (broad SMARTS) is 1. The number of rotatable bonds is 7. The third kappa shape index (κ3) is 4.74. The predicted octanol–water partition coefficient (Wildman–Crippen LogP) is 4.06. The highest BCUT2D eigenvalue weighted by atomic mass is 79.9. The van der Waals surface area contributed by atoms with Crippen LogP contribution in [0.2, 0.25) is 5.02 Å². The van der Waals surface area contributed by atoms with Crippen LogP contribution in [0.3, 0.4) is 0 Å². The standard InChI is InChI=1S/C20H16BrClN2O6/c1-2-29-16-9-11(7-14(21)18(16)30-10-17(25)26)8-15-19(27)24(20(28)23-15)13-5-3-12(22)4-6-13/h3-9H,2,10H2,1H3,(H,23,28)(H,25,26)/b15-8+. The molecule has 8 nitrogen and oxygen atoms in total. The molecule has 0 spiro atoms. The van der Waals surface area contributed by atoms with Crippen molar-refractivity contribution in [1.29, 1.82) is 0 Å². The lowest BCUT2D eigenvalue weighted by molar-refractivity contribution is -0.139. The van der Waals surface area contributed by atoms with Crippen LogP contribution in [-0.4, -0.2) is 36.2 Å². The maximum atomic E-state index is 12.8. The van der Waals surface area contributed by atoms with E-state index in [2.05, 4.69) is 21.2 Å². The third-order valence-electron chi connectivity index (χ3n) is 3.95. The van der Waals surface area contributed by atoms with Crippen molar-refractivity contribution in [2.75, 3.05) is 18.1 Å². The number of carbonyl (C=O) groups is 3. The number of amides is 3. The lowest BCUT2D eigenvalue weighted by atomic mass is 10.1. The van der Waals surface area contributed by atoms with Gasteiger partial charge in [-0.15, -0.1) is 0 Å². The second-order valence-corrected chi connectivity index (χ2v) is 7.34. The fraction of sp³-hybridized carbons (Fsp3) is 0.150. The number of carbonyl (C=O) groups excluding carboxylic acids is 2. The van der Waals surface area contributed by atoms with E-state index in [4.69, 9.17) is 26.2 Å². The Morgan fingerprint density at radius 1 is 1.23 bits per heavy atom. The van der Waals surface area contributed by atoms with Crippen LogP contribution < -0.4 is 19.7 Å². The molecule has 1 heterocycles. The molecule has 1 fully saturated rings. The van der Waals surface area contributed by atoms with E-state index in [9.17, 15) is 14.4 Å². The largest absolute Gasteiger partial charge is 0.490 e. The van der Waals surface area contributed by atoms with Gasteiger partial charge in [0, 0.05) is 5.02 Å². The third-order valence-corrected chi connectivity index (χ3v) is 4.79. The summed E-state index contributed by atoms with van der Waals surface area (Å²) in [5.41, 5.74) is 0.997. The predicted molar refractivity (Wildman–Crippen MR) is 114 cm³/mol. The average molecular weight is 496 g/mol. The van der Waals surface area contributed by atoms with Gasteiger partial charge in [-0.2, -0.15) is 0 Å². The molecule has 2 N–H and O–H groups in total. The summed E-state index contributed by atoms with van der Waals surface area (Å²) >= 11 is 9.19. The second-order valence-electron chi connectivity index (χ2n) is 6.05. The fourth-order valence-electron chi connectivity index (χ4n) is 2.73. The molecule has 10 heteroatoms. The first-order valence-corrected chi connectivity index (χ1v) is 9.91. The quantitative estimate of drug-likeness (QED) is 0.443. The van der Waals surface area contributed by atoms with Gasteiger partial charge in [-0.25, -0.2) is 14.5 Å². The first-order valence-electron chi connectivity index (χ1n) is 8.73. The van der Waals surface area contributed by atoms with Crippen molar-refractivity contribution in [3.63, 3.8) is 0 Å². The maximum Gasteiger partial charge on any atom is 0.341 e. The summed E-state index contributed by atoms with van der Waals surface area (Å²) in [6.45, 7) is 1.55. The minimum Gasteiger partial charge on any atom is -0.490 e. The summed E-state index contributed by atoms with van der Waals surface area (Å²) in [6.07, 6.45) is 1.49. The smallest absolute Gasteiger partial charge is 0.341 e. The number of imide groups is 1. The summed E-state index contributed by atoms with van der Waals surface area (Å²) in [7, 11) is 0. The highest BCUT2D eigenvalue weighted by Gasteiger charge is 2.34. The second kappa shape index (κ2) is 9.19. The molecule has 0 bridgehead atoms. The van der Waals surface area contributed by atoms with Gasteiger partial charge in [-0.05, 0) is 70.9 Å². The first kappa shape index (κ1) is 21.7. The van der Waals surface area contributed by atoms with E-state index in [1.807, 2.05) is 0 Å². The normalized spacial score (nSPS) is 14.8. The topological polar surface area (TPSA) is 105 Å². The van der Waals surface area contributed by atoms with Crippen LogP contribution in [0.15, 0.2) is 46.6 Å². The lowest BCUT2D eigenvalue weighted by Gasteiger charge is -2.13. The van der Waals surface area contributed by atoms with Gasteiger partial charge >= 0.3 is 12.0 Å². The highest BCUT2D eigenvalue weighted by Crippen LogP contribution is 2.37. The Kier molecular flexibility index (Phi) is 6.63. The molecule has 0 aromatic heterocycles. The van der Waals surface area contributed by atoms with Crippen LogP contribution in [0, 0.1) is 0 Å². The van der Waals surface area contributed by atoms with Crippen LogP contribution in [0.1, 0.15) is 12.5 Å². The van der Waals surface area contributed by atoms with E-state index in [0.29, 0.717) is 33.1 Å². The Balaban J connectivity index is 1.92. The Morgan fingerprint density at radius 2 is 1.93 bits per heavy atom. The van der Waals surface area contributed by atoms with Crippen LogP contribution in [0.5, 0.6) is 11.5 Å². The molecular weight excluding hydrogens is 480 g/mol. The van der Waals surface area contributed by atoms with Crippen LogP contribution in [0.25, 0.3) is 6.08 Å². The molecule has 0 radical (unpaired) electrons. The monoisotopic (exact) mass is 494 g/mol. The number of urea groups is 1. The number of benzene rings is 2. The molecule has 1 saturated heterocycles. The molecule has 3 rings (SSSR count). The SMILES string of the molecule is CCOc1cc(/C=C2/NC(=O)N(c3ccc(Cl)cc3)C2=O)cc(Br)c1OCC(=O)O. The van der Waals surface area contributed by atoms with Crippen LogP contribution >= 0.6 is 27.5 Å². The van der Waals surface area contributed by atoms with E-state index >= 15 is 0 Å². The van der Waals surface area contributed by atoms with Gasteiger partial charge in [0.15, 0.2) is 18.1 Å². The number of nitrogens with zero attached hydrogens (tertiary/aromatic N) is 1. The van der Waals surface area contributed by atoms with E-state index in [0.717, 1.165) is 4.90 Å². The van der Waals surface area contributed by atoms with Gasteiger partial charge in [-0.1, -0.05) is 11.6 Å². The van der Waals surface area contributed by atoms with Crippen molar-refractivity contribution < 1.29 is 29.0 Å². The molecule has 0 aliphatic carbocycles. The number of nitrogens with one attached hydrogen (secondary N) is 1. The number of carboxylic acids is 1. The Labute approximate surface area is 185 Å². The number of anilines is 1. The van der Waals surface area contributed by atoms with Crippen molar-refractivity contribution in [3.8, 4) is 11.5 Å². The molecule has 0 saturated carbocycles. The van der Waals surface area contributed by atoms with Crippen molar-refractivity contribution in [3.05, 3.63) is 57.2 Å². The number of aliphatic carboxylic acids is 1. The molecule has 2 aromatic rings. The number of hydrogen-bond acceptors (Lipinski definition) is 5. The summed E-state index contributed by atoms with van der Waals surface area (Å²) in [6, 6.07) is 8.93. The van der Waals surface area contributed by atoms with Crippen molar-refractivity contribution >= 4 is 57.2 Å². The van der Waals surface area contributed by atoms with E-state index in [-0.39, 0.29) is 11.4 Å². The number of ether oxygens (including phenoxy) is 2. The maximum absolute atomic E-state index is 12.8. The van der Waals surface area contributed by atoms with Gasteiger partial charge in [0.2, 0.25) is 0 Å². The summed E-state index contributed by atoms with van der Waals surface area (Å²) < 4.78 is 11.3. The number of halogens is 2. The molecule has 1 aliphatic heterocycles. The average Bonchev–Trinajstić information content (AvgIpc) is 2.95. The minimum absolute atomic E-state index is 0.0727. The Morgan fingerprint density at radius 3 is 2.57 bits per heavy atom. The fourth-order valence-corrected chi connectivity index (χ4v) is 3.43. The zero-order valence-electron chi connectivity index (χ0n) is 15.6. The molecule has 156 valence electrons. The van der Waals surface area contributed by atoms with Crippen LogP contribution in [0.4, 0.5) is 10.5 Å². The van der Waals surface area contributed by atoms with Crippen molar-refractivity contribution in [2.24, 2.45) is 0 Å². The van der Waals surface area contributed by atoms with Gasteiger partial charge < -0.3 is 19.9 Å². The van der Waals surface area contributed by atoms with Crippen molar-refractivity contribution in [1.82, 2.24) is 5.32 Å². The molecule has 0 atom stereocenters. The molecule has 30 heavy (non-hydrogen) atoms. The summed E-state index contributed by atoms with van der Waals surface area (Å²) in [4.78, 5) is 36.9. The van der Waals surface area contributed by atoms with Crippen molar-refractivity contribution in [2.45, 2.75) is 6.92 Å². The zero-order valence-corrected chi connectivity index (χ0v) is 18.0. The zero-order chi connectivity index (χ0) is 21.8. The van der Waals surface area contributed by atoms with Gasteiger partial charge in [0.05, 0.1) is 16.8 Å². The summed E-state index contributed by atoms with van der Waals surface area (Å²) in [5, 5.41) is 11.9. The molecular formula is C20H16BrClN2O6.